The van der Waals surface area contributed by atoms with Gasteiger partial charge in [0.2, 0.25) is 17.7 Å². The van der Waals surface area contributed by atoms with Gasteiger partial charge < -0.3 is 19.6 Å². The Morgan fingerprint density at radius 3 is 2.97 bits per heavy atom. The Kier molecular flexibility index (Phi) is 5.59. The first-order valence-corrected chi connectivity index (χ1v) is 9.45. The predicted molar refractivity (Wildman–Crippen MR) is 105 cm³/mol. The lowest BCUT2D eigenvalue weighted by atomic mass is 10.1. The Labute approximate surface area is 168 Å². The van der Waals surface area contributed by atoms with Gasteiger partial charge in [-0.3, -0.25) is 4.98 Å². The van der Waals surface area contributed by atoms with Crippen LogP contribution < -0.4 is 10.2 Å². The summed E-state index contributed by atoms with van der Waals surface area (Å²) in [7, 11) is 1.70. The smallest absolute Gasteiger partial charge is 0.317 e. The monoisotopic (exact) mass is 394 g/mol. The number of hydrogen-bond acceptors (Lipinski definition) is 8. The van der Waals surface area contributed by atoms with Crippen LogP contribution in [0.3, 0.4) is 0 Å². The van der Waals surface area contributed by atoms with E-state index in [4.69, 9.17) is 4.52 Å². The molecule has 1 N–H and O–H groups in total. The number of rotatable bonds is 5. The van der Waals surface area contributed by atoms with Crippen LogP contribution in [0.1, 0.15) is 18.7 Å². The summed E-state index contributed by atoms with van der Waals surface area (Å²) in [6, 6.07) is 5.28. The van der Waals surface area contributed by atoms with E-state index < -0.39 is 0 Å². The van der Waals surface area contributed by atoms with E-state index in [-0.39, 0.29) is 18.6 Å². The molecule has 3 aromatic rings. The van der Waals surface area contributed by atoms with E-state index in [1.54, 1.807) is 44.0 Å². The van der Waals surface area contributed by atoms with Gasteiger partial charge in [-0.25, -0.2) is 14.8 Å². The molecule has 10 heteroatoms. The number of carbonyl (C=O) groups is 1. The third-order valence-corrected chi connectivity index (χ3v) is 4.69. The fourth-order valence-electron chi connectivity index (χ4n) is 3.22. The quantitative estimate of drug-likeness (QED) is 0.696. The summed E-state index contributed by atoms with van der Waals surface area (Å²) in [6.45, 7) is 1.78. The van der Waals surface area contributed by atoms with Crippen LogP contribution in [0.4, 0.5) is 10.7 Å². The number of piperidine rings is 1. The molecule has 1 aliphatic heterocycles. The van der Waals surface area contributed by atoms with Crippen LogP contribution in [0, 0.1) is 0 Å². The number of nitrogens with one attached hydrogen (secondary N) is 1. The van der Waals surface area contributed by atoms with Gasteiger partial charge in [0.15, 0.2) is 0 Å². The average molecular weight is 394 g/mol. The molecule has 0 unspecified atom stereocenters. The van der Waals surface area contributed by atoms with E-state index >= 15 is 0 Å². The van der Waals surface area contributed by atoms with Crippen LogP contribution in [-0.2, 0) is 6.54 Å². The Balaban J connectivity index is 1.32. The lowest BCUT2D eigenvalue weighted by Crippen LogP contribution is -2.51. The molecule has 29 heavy (non-hydrogen) atoms. The lowest BCUT2D eigenvalue weighted by Gasteiger charge is -2.33. The summed E-state index contributed by atoms with van der Waals surface area (Å²) in [5.74, 6) is 1.51. The van der Waals surface area contributed by atoms with Crippen molar-refractivity contribution in [3.63, 3.8) is 0 Å². The van der Waals surface area contributed by atoms with Gasteiger partial charge >= 0.3 is 6.03 Å². The van der Waals surface area contributed by atoms with Crippen LogP contribution in [0.5, 0.6) is 0 Å². The maximum Gasteiger partial charge on any atom is 0.317 e. The van der Waals surface area contributed by atoms with Crippen LogP contribution in [0.2, 0.25) is 0 Å². The second-order valence-electron chi connectivity index (χ2n) is 6.89. The molecule has 4 rings (SSSR count). The number of carbonyl (C=O) groups excluding carboxylic acids is 1. The molecule has 0 spiro atoms. The molecule has 0 bridgehead atoms. The highest BCUT2D eigenvalue weighted by Crippen LogP contribution is 2.16. The molecule has 1 aliphatic rings. The van der Waals surface area contributed by atoms with Crippen LogP contribution in [-0.4, -0.2) is 62.2 Å². The van der Waals surface area contributed by atoms with Crippen LogP contribution in [0.25, 0.3) is 11.4 Å². The van der Waals surface area contributed by atoms with Crippen molar-refractivity contribution in [2.24, 2.45) is 0 Å². The first kappa shape index (κ1) is 18.8. The highest BCUT2D eigenvalue weighted by molar-refractivity contribution is 5.74. The second kappa shape index (κ2) is 8.63. The minimum absolute atomic E-state index is 0.0242. The second-order valence-corrected chi connectivity index (χ2v) is 6.89. The van der Waals surface area contributed by atoms with Gasteiger partial charge in [0.05, 0.1) is 0 Å². The minimum atomic E-state index is -0.188. The number of amides is 2. The van der Waals surface area contributed by atoms with Crippen molar-refractivity contribution < 1.29 is 9.32 Å². The topological polar surface area (TPSA) is 113 Å². The summed E-state index contributed by atoms with van der Waals surface area (Å²) >= 11 is 0. The molecule has 3 aromatic heterocycles. The molecule has 10 nitrogen and oxygen atoms in total. The summed E-state index contributed by atoms with van der Waals surface area (Å²) in [4.78, 5) is 33.2. The molecular formula is C19H22N8O2. The first-order valence-electron chi connectivity index (χ1n) is 9.45. The summed E-state index contributed by atoms with van der Waals surface area (Å²) < 4.78 is 5.27. The van der Waals surface area contributed by atoms with E-state index in [1.807, 2.05) is 6.07 Å². The molecule has 1 fully saturated rings. The SMILES string of the molecule is CN(Cc1nc(-c2cccnc2)no1)C(=O)N[C@H]1CCCN(c2ncccn2)C1. The maximum atomic E-state index is 12.6. The standard InChI is InChI=1S/C19H22N8O2/c1-26(13-16-24-17(25-29-16)14-5-2-7-20-11-14)19(28)23-15-6-3-10-27(12-15)18-21-8-4-9-22-18/h2,4-5,7-9,11,15H,3,6,10,12-13H2,1H3,(H,23,28)/t15-/m0/s1. The Bertz CT molecular complexity index is 934. The summed E-state index contributed by atoms with van der Waals surface area (Å²) in [6.07, 6.45) is 8.67. The fourth-order valence-corrected chi connectivity index (χ4v) is 3.22. The molecule has 4 heterocycles. The van der Waals surface area contributed by atoms with Crippen molar-refractivity contribution >= 4 is 12.0 Å². The van der Waals surface area contributed by atoms with Crippen LogP contribution in [0.15, 0.2) is 47.5 Å². The number of pyridine rings is 1. The van der Waals surface area contributed by atoms with Gasteiger partial charge in [-0.1, -0.05) is 5.16 Å². The number of anilines is 1. The Morgan fingerprint density at radius 1 is 1.31 bits per heavy atom. The largest absolute Gasteiger partial charge is 0.339 e. The van der Waals surface area contributed by atoms with E-state index in [2.05, 4.69) is 35.3 Å². The van der Waals surface area contributed by atoms with Gasteiger partial charge in [-0.2, -0.15) is 4.98 Å². The normalized spacial score (nSPS) is 16.4. The Morgan fingerprint density at radius 2 is 2.17 bits per heavy atom. The van der Waals surface area contributed by atoms with Gasteiger partial charge in [0.25, 0.3) is 0 Å². The first-order chi connectivity index (χ1) is 14.2. The Hall–Kier alpha value is -3.56. The lowest BCUT2D eigenvalue weighted by molar-refractivity contribution is 0.194. The van der Waals surface area contributed by atoms with E-state index in [0.29, 0.717) is 24.2 Å². The molecule has 1 atom stereocenters. The molecule has 0 radical (unpaired) electrons. The third-order valence-electron chi connectivity index (χ3n) is 4.69. The number of nitrogens with zero attached hydrogens (tertiary/aromatic N) is 7. The fraction of sp³-hybridized carbons (Fsp3) is 0.368. The summed E-state index contributed by atoms with van der Waals surface area (Å²) in [5.41, 5.74) is 0.764. The molecule has 150 valence electrons. The van der Waals surface area contributed by atoms with E-state index in [0.717, 1.165) is 24.9 Å². The molecule has 1 saturated heterocycles. The van der Waals surface area contributed by atoms with Gasteiger partial charge in [-0.05, 0) is 31.0 Å². The van der Waals surface area contributed by atoms with Gasteiger partial charge in [0, 0.05) is 56.5 Å². The van der Waals surface area contributed by atoms with E-state index in [9.17, 15) is 4.79 Å². The van der Waals surface area contributed by atoms with E-state index in [1.165, 1.54) is 4.90 Å². The van der Waals surface area contributed by atoms with Gasteiger partial charge in [-0.15, -0.1) is 0 Å². The van der Waals surface area contributed by atoms with Crippen LogP contribution >= 0.6 is 0 Å². The molecule has 0 aliphatic carbocycles. The molecule has 0 saturated carbocycles. The molecule has 2 amide bonds. The maximum absolute atomic E-state index is 12.6. The van der Waals surface area contributed by atoms with Crippen molar-refractivity contribution in [2.75, 3.05) is 25.0 Å². The number of aromatic nitrogens is 5. The van der Waals surface area contributed by atoms with Crippen molar-refractivity contribution in [1.29, 1.82) is 0 Å². The van der Waals surface area contributed by atoms with Crippen molar-refractivity contribution in [1.82, 2.24) is 35.3 Å². The minimum Gasteiger partial charge on any atom is -0.339 e. The predicted octanol–water partition coefficient (Wildman–Crippen LogP) is 1.73. The number of urea groups is 1. The highest BCUT2D eigenvalue weighted by atomic mass is 16.5. The van der Waals surface area contributed by atoms with Gasteiger partial charge in [0.1, 0.15) is 6.54 Å². The highest BCUT2D eigenvalue weighted by Gasteiger charge is 2.24. The zero-order chi connectivity index (χ0) is 20.1. The average Bonchev–Trinajstić information content (AvgIpc) is 3.23. The molecular weight excluding hydrogens is 372 g/mol. The van der Waals surface area contributed by atoms with Crippen molar-refractivity contribution in [2.45, 2.75) is 25.4 Å². The zero-order valence-corrected chi connectivity index (χ0v) is 16.1. The zero-order valence-electron chi connectivity index (χ0n) is 16.1. The van der Waals surface area contributed by atoms with Crippen molar-refractivity contribution in [3.05, 3.63) is 48.9 Å². The molecule has 0 aromatic carbocycles. The van der Waals surface area contributed by atoms with Crippen molar-refractivity contribution in [3.8, 4) is 11.4 Å². The summed E-state index contributed by atoms with van der Waals surface area (Å²) in [5, 5.41) is 7.02. The third kappa shape index (κ3) is 4.65. The number of hydrogen-bond donors (Lipinski definition) is 1.